The van der Waals surface area contributed by atoms with Crippen LogP contribution in [0.5, 0.6) is 0 Å². The Morgan fingerprint density at radius 3 is 2.24 bits per heavy atom. The molecule has 0 aliphatic heterocycles. The van der Waals surface area contributed by atoms with Gasteiger partial charge in [-0.25, -0.2) is 0 Å². The maximum absolute atomic E-state index is 9.47. The first kappa shape index (κ1) is 19.1. The summed E-state index contributed by atoms with van der Waals surface area (Å²) in [6, 6.07) is 40.7. The van der Waals surface area contributed by atoms with Gasteiger partial charge in [0.05, 0.1) is 28.4 Å². The lowest BCUT2D eigenvalue weighted by Gasteiger charge is -2.14. The van der Waals surface area contributed by atoms with Crippen molar-refractivity contribution < 1.29 is 0 Å². The SMILES string of the molecule is N#Cc1ccc2c(c1)c1ccccc1n2-c1ccccc1-c1ccc2sc3ccccc3c2c1. The molecule has 2 nitrogen and oxygen atoms in total. The van der Waals surface area contributed by atoms with E-state index in [2.05, 4.69) is 108 Å². The molecule has 0 aliphatic carbocycles. The molecule has 2 heterocycles. The molecule has 0 fully saturated rings. The van der Waals surface area contributed by atoms with E-state index in [4.69, 9.17) is 0 Å². The Morgan fingerprint density at radius 1 is 0.588 bits per heavy atom. The van der Waals surface area contributed by atoms with Crippen LogP contribution in [0.1, 0.15) is 5.56 Å². The number of hydrogen-bond donors (Lipinski definition) is 0. The molecule has 0 saturated carbocycles. The van der Waals surface area contributed by atoms with Crippen LogP contribution < -0.4 is 0 Å². The second-order valence-electron chi connectivity index (χ2n) is 8.52. The molecule has 7 rings (SSSR count). The van der Waals surface area contributed by atoms with Crippen molar-refractivity contribution in [2.75, 3.05) is 0 Å². The number of rotatable bonds is 2. The van der Waals surface area contributed by atoms with Gasteiger partial charge in [0.1, 0.15) is 0 Å². The summed E-state index contributed by atoms with van der Waals surface area (Å²) in [7, 11) is 0. The Morgan fingerprint density at radius 2 is 1.32 bits per heavy atom. The third-order valence-corrected chi connectivity index (χ3v) is 7.79. The Labute approximate surface area is 200 Å². The van der Waals surface area contributed by atoms with Gasteiger partial charge >= 0.3 is 0 Å². The van der Waals surface area contributed by atoms with Gasteiger partial charge in [-0.15, -0.1) is 11.3 Å². The average Bonchev–Trinajstić information content (AvgIpc) is 3.43. The van der Waals surface area contributed by atoms with Crippen LogP contribution in [0.15, 0.2) is 109 Å². The standard InChI is InChI=1S/C31H18N2S/c32-19-20-13-15-29-25(17-20)23-8-2-5-11-28(23)33(29)27-10-4-1-7-22(27)21-14-16-31-26(18-21)24-9-3-6-12-30(24)34-31/h1-18H. The van der Waals surface area contributed by atoms with E-state index < -0.39 is 0 Å². The summed E-state index contributed by atoms with van der Waals surface area (Å²) >= 11 is 1.84. The van der Waals surface area contributed by atoms with E-state index in [1.807, 2.05) is 23.5 Å². The quantitative estimate of drug-likeness (QED) is 0.259. The summed E-state index contributed by atoms with van der Waals surface area (Å²) in [6.45, 7) is 0. The summed E-state index contributed by atoms with van der Waals surface area (Å²) in [5.41, 5.74) is 6.45. The molecule has 0 bridgehead atoms. The van der Waals surface area contributed by atoms with Crippen molar-refractivity contribution in [3.63, 3.8) is 0 Å². The van der Waals surface area contributed by atoms with Crippen LogP contribution in [-0.4, -0.2) is 4.57 Å². The Balaban J connectivity index is 1.54. The first-order chi connectivity index (χ1) is 16.8. The molecule has 2 aromatic heterocycles. The molecule has 0 radical (unpaired) electrons. The molecular formula is C31H18N2S. The lowest BCUT2D eigenvalue weighted by molar-refractivity contribution is 1.18. The normalized spacial score (nSPS) is 11.5. The number of nitrogens with zero attached hydrogens (tertiary/aromatic N) is 2. The van der Waals surface area contributed by atoms with Crippen LogP contribution in [-0.2, 0) is 0 Å². The number of thiophene rings is 1. The summed E-state index contributed by atoms with van der Waals surface area (Å²) < 4.78 is 4.96. The second-order valence-corrected chi connectivity index (χ2v) is 9.61. The highest BCUT2D eigenvalue weighted by Crippen LogP contribution is 2.39. The van der Waals surface area contributed by atoms with Crippen molar-refractivity contribution in [2.45, 2.75) is 0 Å². The lowest BCUT2D eigenvalue weighted by atomic mass is 10.0. The number of aromatic nitrogens is 1. The van der Waals surface area contributed by atoms with E-state index >= 15 is 0 Å². The fourth-order valence-electron chi connectivity index (χ4n) is 5.11. The van der Waals surface area contributed by atoms with Gasteiger partial charge in [-0.3, -0.25) is 0 Å². The molecule has 0 aliphatic rings. The Kier molecular flexibility index (Phi) is 4.11. The van der Waals surface area contributed by atoms with Crippen molar-refractivity contribution in [1.29, 1.82) is 5.26 Å². The molecule has 5 aromatic carbocycles. The third-order valence-electron chi connectivity index (χ3n) is 6.63. The zero-order valence-corrected chi connectivity index (χ0v) is 19.0. The van der Waals surface area contributed by atoms with Gasteiger partial charge in [0, 0.05) is 36.5 Å². The third kappa shape index (κ3) is 2.73. The number of para-hydroxylation sites is 2. The van der Waals surface area contributed by atoms with Crippen LogP contribution in [0.3, 0.4) is 0 Å². The van der Waals surface area contributed by atoms with E-state index in [-0.39, 0.29) is 0 Å². The average molecular weight is 451 g/mol. The van der Waals surface area contributed by atoms with Crippen LogP contribution in [0.4, 0.5) is 0 Å². The fraction of sp³-hybridized carbons (Fsp3) is 0. The zero-order chi connectivity index (χ0) is 22.6. The Hall–Kier alpha value is -4.39. The maximum Gasteiger partial charge on any atom is 0.0991 e. The highest BCUT2D eigenvalue weighted by atomic mass is 32.1. The molecule has 0 saturated heterocycles. The highest BCUT2D eigenvalue weighted by molar-refractivity contribution is 7.25. The van der Waals surface area contributed by atoms with Gasteiger partial charge in [0.15, 0.2) is 0 Å². The molecular weight excluding hydrogens is 432 g/mol. The topological polar surface area (TPSA) is 28.7 Å². The predicted octanol–water partition coefficient (Wildman–Crippen LogP) is 8.69. The van der Waals surface area contributed by atoms with Gasteiger partial charge < -0.3 is 4.57 Å². The van der Waals surface area contributed by atoms with Crippen molar-refractivity contribution >= 4 is 53.3 Å². The monoisotopic (exact) mass is 450 g/mol. The maximum atomic E-state index is 9.47. The molecule has 3 heteroatoms. The van der Waals surface area contributed by atoms with Gasteiger partial charge in [-0.2, -0.15) is 5.26 Å². The minimum atomic E-state index is 0.679. The molecule has 7 aromatic rings. The van der Waals surface area contributed by atoms with Gasteiger partial charge in [-0.05, 0) is 54.1 Å². The van der Waals surface area contributed by atoms with Crippen LogP contribution in [0, 0.1) is 11.3 Å². The number of benzene rings is 5. The first-order valence-corrected chi connectivity index (χ1v) is 12.1. The van der Waals surface area contributed by atoms with Gasteiger partial charge in [0.25, 0.3) is 0 Å². The molecule has 34 heavy (non-hydrogen) atoms. The van der Waals surface area contributed by atoms with E-state index in [0.717, 1.165) is 27.5 Å². The number of fused-ring (bicyclic) bond motifs is 6. The fourth-order valence-corrected chi connectivity index (χ4v) is 6.19. The van der Waals surface area contributed by atoms with Gasteiger partial charge in [0.2, 0.25) is 0 Å². The molecule has 0 spiro atoms. The minimum Gasteiger partial charge on any atom is -0.309 e. The van der Waals surface area contributed by atoms with Crippen LogP contribution in [0.2, 0.25) is 0 Å². The van der Waals surface area contributed by atoms with Crippen molar-refractivity contribution in [2.24, 2.45) is 0 Å². The molecule has 158 valence electrons. The smallest absolute Gasteiger partial charge is 0.0991 e. The van der Waals surface area contributed by atoms with Crippen molar-refractivity contribution in [1.82, 2.24) is 4.57 Å². The summed E-state index contributed by atoms with van der Waals surface area (Å²) in [6.07, 6.45) is 0. The zero-order valence-electron chi connectivity index (χ0n) is 18.2. The van der Waals surface area contributed by atoms with Crippen LogP contribution >= 0.6 is 11.3 Å². The molecule has 0 N–H and O–H groups in total. The highest BCUT2D eigenvalue weighted by Gasteiger charge is 2.16. The molecule has 0 atom stereocenters. The van der Waals surface area contributed by atoms with E-state index in [1.165, 1.54) is 31.3 Å². The summed E-state index contributed by atoms with van der Waals surface area (Å²) in [5.74, 6) is 0. The van der Waals surface area contributed by atoms with Crippen molar-refractivity contribution in [3.05, 3.63) is 115 Å². The van der Waals surface area contributed by atoms with E-state index in [9.17, 15) is 5.26 Å². The van der Waals surface area contributed by atoms with Gasteiger partial charge in [-0.1, -0.05) is 60.7 Å². The van der Waals surface area contributed by atoms with Crippen molar-refractivity contribution in [3.8, 4) is 22.9 Å². The molecule has 0 unspecified atom stereocenters. The summed E-state index contributed by atoms with van der Waals surface area (Å²) in [5, 5.41) is 14.3. The van der Waals surface area contributed by atoms with E-state index in [0.29, 0.717) is 5.56 Å². The summed E-state index contributed by atoms with van der Waals surface area (Å²) in [4.78, 5) is 0. The number of hydrogen-bond acceptors (Lipinski definition) is 2. The first-order valence-electron chi connectivity index (χ1n) is 11.3. The Bertz CT molecular complexity index is 1930. The van der Waals surface area contributed by atoms with Crippen LogP contribution in [0.25, 0.3) is 58.8 Å². The number of nitriles is 1. The molecule has 0 amide bonds. The second kappa shape index (κ2) is 7.31. The minimum absolute atomic E-state index is 0.679. The largest absolute Gasteiger partial charge is 0.309 e. The predicted molar refractivity (Wildman–Crippen MR) is 144 cm³/mol. The lowest BCUT2D eigenvalue weighted by Crippen LogP contribution is -1.97. The van der Waals surface area contributed by atoms with E-state index in [1.54, 1.807) is 0 Å².